The molecule has 3 N–H and O–H groups in total. The fourth-order valence-electron chi connectivity index (χ4n) is 0.214. The van der Waals surface area contributed by atoms with Crippen molar-refractivity contribution in [3.05, 3.63) is 12.7 Å². The van der Waals surface area contributed by atoms with E-state index < -0.39 is 0 Å². The van der Waals surface area contributed by atoms with Crippen molar-refractivity contribution < 1.29 is 15.5 Å². The zero-order chi connectivity index (χ0) is 6.24. The fourth-order valence-corrected chi connectivity index (χ4v) is 0.214. The maximum absolute atomic E-state index is 4.59. The van der Waals surface area contributed by atoms with E-state index in [1.807, 2.05) is 0 Å². The minimum atomic E-state index is 0.444. The lowest BCUT2D eigenvalue weighted by atomic mass is 10.7. The van der Waals surface area contributed by atoms with Crippen LogP contribution in [0.1, 0.15) is 0 Å². The third-order valence-corrected chi connectivity index (χ3v) is 0.497. The van der Waals surface area contributed by atoms with E-state index in [9.17, 15) is 0 Å². The molecule has 0 bridgehead atoms. The number of quaternary nitrogens is 1. The quantitative estimate of drug-likeness (QED) is 0.226. The van der Waals surface area contributed by atoms with Gasteiger partial charge in [-0.05, 0) is 0 Å². The van der Waals surface area contributed by atoms with Gasteiger partial charge >= 0.3 is 0 Å². The predicted molar refractivity (Wildman–Crippen MR) is 29.9 cm³/mol. The molecule has 0 aliphatic rings. The summed E-state index contributed by atoms with van der Waals surface area (Å²) in [5.41, 5.74) is 3.55. The van der Waals surface area contributed by atoms with Gasteiger partial charge in [-0.25, -0.2) is 9.78 Å². The monoisotopic (exact) mass is 118 g/mol. The van der Waals surface area contributed by atoms with Crippen LogP contribution in [0.3, 0.4) is 0 Å². The van der Waals surface area contributed by atoms with Gasteiger partial charge < -0.3 is 5.73 Å². The normalized spacial score (nSPS) is 9.12. The Morgan fingerprint density at radius 3 is 2.75 bits per heavy atom. The minimum absolute atomic E-state index is 0.444. The summed E-state index contributed by atoms with van der Waals surface area (Å²) in [4.78, 5) is 9.15. The van der Waals surface area contributed by atoms with Gasteiger partial charge in [-0.3, -0.25) is 0 Å². The molecule has 0 unspecified atom stereocenters. The lowest BCUT2D eigenvalue weighted by Gasteiger charge is -1.95. The Morgan fingerprint density at radius 1 is 1.50 bits per heavy atom. The Labute approximate surface area is 49.0 Å². The van der Waals surface area contributed by atoms with Crippen LogP contribution < -0.4 is 5.73 Å². The first-order valence-electron chi connectivity index (χ1n) is 2.56. The van der Waals surface area contributed by atoms with Gasteiger partial charge in [0.05, 0.1) is 0 Å². The van der Waals surface area contributed by atoms with E-state index in [1.54, 1.807) is 6.08 Å². The largest absolute Gasteiger partial charge is 0.356 e. The molecule has 0 saturated heterocycles. The van der Waals surface area contributed by atoms with Crippen LogP contribution in [0.25, 0.3) is 0 Å². The molecule has 0 rings (SSSR count). The lowest BCUT2D eigenvalue weighted by molar-refractivity contribution is -0.401. The van der Waals surface area contributed by atoms with Crippen molar-refractivity contribution in [3.8, 4) is 0 Å². The van der Waals surface area contributed by atoms with Gasteiger partial charge in [0.1, 0.15) is 19.8 Å². The third kappa shape index (κ3) is 5.62. The van der Waals surface area contributed by atoms with Crippen LogP contribution in [0, 0.1) is 0 Å². The van der Waals surface area contributed by atoms with Gasteiger partial charge in [-0.15, -0.1) is 6.58 Å². The van der Waals surface area contributed by atoms with Gasteiger partial charge in [0.2, 0.25) is 0 Å². The molecule has 0 atom stereocenters. The van der Waals surface area contributed by atoms with Crippen LogP contribution in [-0.2, 0) is 9.78 Å². The van der Waals surface area contributed by atoms with Gasteiger partial charge in [0.15, 0.2) is 0 Å². The molecule has 0 saturated carbocycles. The lowest BCUT2D eigenvalue weighted by Crippen LogP contribution is -2.52. The van der Waals surface area contributed by atoms with Crippen molar-refractivity contribution in [2.24, 2.45) is 0 Å². The van der Waals surface area contributed by atoms with E-state index in [0.717, 1.165) is 6.54 Å². The maximum atomic E-state index is 4.59. The van der Waals surface area contributed by atoms with Crippen LogP contribution in [0.4, 0.5) is 0 Å². The molecule has 8 heavy (non-hydrogen) atoms. The maximum Gasteiger partial charge on any atom is 0.131 e. The molecule has 0 radical (unpaired) electrons. The molecule has 0 heterocycles. The van der Waals surface area contributed by atoms with E-state index in [2.05, 4.69) is 22.1 Å². The van der Waals surface area contributed by atoms with Crippen molar-refractivity contribution in [2.45, 2.75) is 0 Å². The smallest absolute Gasteiger partial charge is 0.131 e. The van der Waals surface area contributed by atoms with Crippen LogP contribution in [0.5, 0.6) is 0 Å². The molecule has 3 nitrogen and oxygen atoms in total. The highest BCUT2D eigenvalue weighted by Gasteiger charge is 1.81. The van der Waals surface area contributed by atoms with Crippen molar-refractivity contribution in [1.29, 1.82) is 0 Å². The van der Waals surface area contributed by atoms with Crippen LogP contribution in [0.2, 0.25) is 0 Å². The highest BCUT2D eigenvalue weighted by molar-refractivity contribution is 4.62. The summed E-state index contributed by atoms with van der Waals surface area (Å²) in [7, 11) is 0. The first-order chi connectivity index (χ1) is 3.91. The Balaban J connectivity index is 2.62. The summed E-state index contributed by atoms with van der Waals surface area (Å²) in [6.45, 7) is 5.16. The minimum Gasteiger partial charge on any atom is -0.356 e. The fraction of sp³-hybridized carbons (Fsp3) is 0.600. The molecule has 0 spiro atoms. The standard InChI is InChI=1S/C5H11NO2/c1-2-4-7-8-5-3-6/h2H,1,3-6H2/p+1. The summed E-state index contributed by atoms with van der Waals surface area (Å²) < 4.78 is 0. The second kappa shape index (κ2) is 6.62. The molecular weight excluding hydrogens is 106 g/mol. The Morgan fingerprint density at radius 2 is 2.25 bits per heavy atom. The van der Waals surface area contributed by atoms with E-state index in [0.29, 0.717) is 13.2 Å². The molecular formula is C5H12NO2+. The van der Waals surface area contributed by atoms with Gasteiger partial charge in [-0.1, -0.05) is 6.08 Å². The topological polar surface area (TPSA) is 46.1 Å². The molecule has 0 aromatic heterocycles. The summed E-state index contributed by atoms with van der Waals surface area (Å²) in [5.74, 6) is 0. The average Bonchev–Trinajstić information content (AvgIpc) is 1.81. The molecule has 48 valence electrons. The van der Waals surface area contributed by atoms with Crippen molar-refractivity contribution in [1.82, 2.24) is 0 Å². The van der Waals surface area contributed by atoms with Crippen molar-refractivity contribution in [2.75, 3.05) is 19.8 Å². The SMILES string of the molecule is C=CCOOCC[NH3+]. The number of hydrogen-bond donors (Lipinski definition) is 1. The van der Waals surface area contributed by atoms with Crippen molar-refractivity contribution >= 4 is 0 Å². The van der Waals surface area contributed by atoms with Crippen molar-refractivity contribution in [3.63, 3.8) is 0 Å². The molecule has 0 aromatic rings. The Bertz CT molecular complexity index is 56.4. The molecule has 0 aliphatic carbocycles. The second-order valence-electron chi connectivity index (χ2n) is 1.25. The molecule has 3 heteroatoms. The number of hydrogen-bond acceptors (Lipinski definition) is 2. The molecule has 0 aromatic carbocycles. The summed E-state index contributed by atoms with van der Waals surface area (Å²) >= 11 is 0. The molecule has 0 amide bonds. The van der Waals surface area contributed by atoms with E-state index in [4.69, 9.17) is 0 Å². The zero-order valence-electron chi connectivity index (χ0n) is 4.93. The van der Waals surface area contributed by atoms with Crippen LogP contribution in [-0.4, -0.2) is 19.8 Å². The first kappa shape index (κ1) is 7.62. The highest BCUT2D eigenvalue weighted by atomic mass is 17.2. The average molecular weight is 118 g/mol. The second-order valence-corrected chi connectivity index (χ2v) is 1.25. The van der Waals surface area contributed by atoms with Gasteiger partial charge in [0, 0.05) is 0 Å². The predicted octanol–water partition coefficient (Wildman–Crippen LogP) is -0.637. The Hall–Kier alpha value is -0.380. The highest BCUT2D eigenvalue weighted by Crippen LogP contribution is 1.74. The van der Waals surface area contributed by atoms with E-state index >= 15 is 0 Å². The zero-order valence-corrected chi connectivity index (χ0v) is 4.93. The summed E-state index contributed by atoms with van der Waals surface area (Å²) in [5, 5.41) is 0. The van der Waals surface area contributed by atoms with Crippen LogP contribution in [0.15, 0.2) is 12.7 Å². The number of rotatable bonds is 5. The molecule has 0 fully saturated rings. The Kier molecular flexibility index (Phi) is 6.31. The van der Waals surface area contributed by atoms with E-state index in [1.165, 1.54) is 0 Å². The van der Waals surface area contributed by atoms with Crippen LogP contribution >= 0.6 is 0 Å². The summed E-state index contributed by atoms with van der Waals surface area (Å²) in [6.07, 6.45) is 1.63. The van der Waals surface area contributed by atoms with Gasteiger partial charge in [0.25, 0.3) is 0 Å². The van der Waals surface area contributed by atoms with E-state index in [-0.39, 0.29) is 0 Å². The molecule has 0 aliphatic heterocycles. The van der Waals surface area contributed by atoms with Gasteiger partial charge in [-0.2, -0.15) is 0 Å². The first-order valence-corrected chi connectivity index (χ1v) is 2.56. The summed E-state index contributed by atoms with van der Waals surface area (Å²) in [6, 6.07) is 0. The third-order valence-electron chi connectivity index (χ3n) is 0.497.